The van der Waals surface area contributed by atoms with Crippen molar-refractivity contribution in [1.82, 2.24) is 9.38 Å². The summed E-state index contributed by atoms with van der Waals surface area (Å²) >= 11 is 0. The van der Waals surface area contributed by atoms with Crippen LogP contribution < -0.4 is 4.90 Å². The molecule has 4 heterocycles. The van der Waals surface area contributed by atoms with Crippen molar-refractivity contribution in [3.63, 3.8) is 0 Å². The van der Waals surface area contributed by atoms with Crippen LogP contribution in [0.4, 0.5) is 5.82 Å². The zero-order chi connectivity index (χ0) is 12.7. The van der Waals surface area contributed by atoms with Gasteiger partial charge < -0.3 is 14.4 Å². The highest BCUT2D eigenvalue weighted by molar-refractivity contribution is 5.51. The summed E-state index contributed by atoms with van der Waals surface area (Å²) < 4.78 is 13.7. The van der Waals surface area contributed by atoms with E-state index in [2.05, 4.69) is 26.4 Å². The molecule has 0 bridgehead atoms. The van der Waals surface area contributed by atoms with Gasteiger partial charge in [-0.15, -0.1) is 0 Å². The molecule has 0 atom stereocenters. The average Bonchev–Trinajstić information content (AvgIpc) is 3.09. The third-order valence-corrected chi connectivity index (χ3v) is 4.07. The first kappa shape index (κ1) is 11.3. The molecule has 2 aliphatic rings. The van der Waals surface area contributed by atoms with Crippen molar-refractivity contribution in [2.75, 3.05) is 31.2 Å². The van der Waals surface area contributed by atoms with E-state index < -0.39 is 0 Å². The number of nitrogens with zero attached hydrogens (tertiary/aromatic N) is 3. The minimum Gasteiger partial charge on any atom is -0.357 e. The molecule has 1 spiro atoms. The quantitative estimate of drug-likeness (QED) is 0.781. The van der Waals surface area contributed by atoms with Crippen LogP contribution in [0.25, 0.3) is 5.65 Å². The fourth-order valence-electron chi connectivity index (χ4n) is 3.05. The van der Waals surface area contributed by atoms with Crippen molar-refractivity contribution in [3.8, 4) is 0 Å². The second kappa shape index (κ2) is 4.21. The van der Waals surface area contributed by atoms with Crippen LogP contribution in [-0.2, 0) is 9.47 Å². The number of hydrogen-bond acceptors (Lipinski definition) is 4. The molecule has 2 saturated heterocycles. The molecule has 0 saturated carbocycles. The molecule has 100 valence electrons. The molecule has 0 unspecified atom stereocenters. The topological polar surface area (TPSA) is 39.0 Å². The van der Waals surface area contributed by atoms with Crippen LogP contribution in [0.2, 0.25) is 0 Å². The molecule has 2 fully saturated rings. The molecule has 2 aliphatic heterocycles. The van der Waals surface area contributed by atoms with Gasteiger partial charge in [-0.2, -0.15) is 0 Å². The van der Waals surface area contributed by atoms with Crippen LogP contribution in [0, 0.1) is 0 Å². The Balaban J connectivity index is 1.59. The lowest BCUT2D eigenvalue weighted by molar-refractivity contribution is -0.169. The molecular weight excluding hydrogens is 242 g/mol. The maximum Gasteiger partial charge on any atom is 0.171 e. The SMILES string of the molecule is c1cc(N2CCC3(CC2)OCCO3)n2ccnc2c1. The summed E-state index contributed by atoms with van der Waals surface area (Å²) in [7, 11) is 0. The van der Waals surface area contributed by atoms with E-state index in [1.807, 2.05) is 18.5 Å². The molecule has 0 amide bonds. The van der Waals surface area contributed by atoms with E-state index in [0.29, 0.717) is 0 Å². The Labute approximate surface area is 111 Å². The van der Waals surface area contributed by atoms with Crippen molar-refractivity contribution in [2.24, 2.45) is 0 Å². The van der Waals surface area contributed by atoms with Gasteiger partial charge in [0.1, 0.15) is 11.5 Å². The van der Waals surface area contributed by atoms with Crippen molar-refractivity contribution in [2.45, 2.75) is 18.6 Å². The Morgan fingerprint density at radius 1 is 1.11 bits per heavy atom. The highest BCUT2D eigenvalue weighted by atomic mass is 16.7. The molecule has 2 aromatic rings. The normalized spacial score (nSPS) is 22.4. The van der Waals surface area contributed by atoms with E-state index in [4.69, 9.17) is 9.47 Å². The second-order valence-electron chi connectivity index (χ2n) is 5.13. The van der Waals surface area contributed by atoms with Crippen molar-refractivity contribution < 1.29 is 9.47 Å². The third kappa shape index (κ3) is 1.81. The largest absolute Gasteiger partial charge is 0.357 e. The van der Waals surface area contributed by atoms with Crippen LogP contribution in [0.3, 0.4) is 0 Å². The van der Waals surface area contributed by atoms with Gasteiger partial charge in [0, 0.05) is 38.3 Å². The lowest BCUT2D eigenvalue weighted by atomic mass is 10.0. The number of aromatic nitrogens is 2. The summed E-state index contributed by atoms with van der Waals surface area (Å²) in [4.78, 5) is 6.71. The van der Waals surface area contributed by atoms with Gasteiger partial charge in [0.2, 0.25) is 0 Å². The van der Waals surface area contributed by atoms with Crippen LogP contribution in [0.15, 0.2) is 30.6 Å². The number of imidazole rings is 1. The number of ether oxygens (including phenoxy) is 2. The number of pyridine rings is 1. The van der Waals surface area contributed by atoms with Gasteiger partial charge in [0.25, 0.3) is 0 Å². The van der Waals surface area contributed by atoms with Gasteiger partial charge >= 0.3 is 0 Å². The Hall–Kier alpha value is -1.59. The Morgan fingerprint density at radius 3 is 2.68 bits per heavy atom. The zero-order valence-electron chi connectivity index (χ0n) is 10.8. The second-order valence-corrected chi connectivity index (χ2v) is 5.13. The molecule has 0 N–H and O–H groups in total. The predicted molar refractivity (Wildman–Crippen MR) is 71.3 cm³/mol. The van der Waals surface area contributed by atoms with E-state index in [-0.39, 0.29) is 5.79 Å². The van der Waals surface area contributed by atoms with E-state index >= 15 is 0 Å². The van der Waals surface area contributed by atoms with Crippen LogP contribution in [0.1, 0.15) is 12.8 Å². The van der Waals surface area contributed by atoms with E-state index in [0.717, 1.165) is 44.8 Å². The first-order valence-corrected chi connectivity index (χ1v) is 6.81. The smallest absolute Gasteiger partial charge is 0.171 e. The summed E-state index contributed by atoms with van der Waals surface area (Å²) in [6, 6.07) is 6.23. The Morgan fingerprint density at radius 2 is 1.89 bits per heavy atom. The van der Waals surface area contributed by atoms with Gasteiger partial charge in [-0.3, -0.25) is 4.40 Å². The van der Waals surface area contributed by atoms with Gasteiger partial charge in [-0.25, -0.2) is 4.98 Å². The molecular formula is C14H17N3O2. The molecule has 0 radical (unpaired) electrons. The standard InChI is InChI=1S/C14H17N3O2/c1-2-12-15-6-9-17(12)13(3-1)16-7-4-14(5-8-16)18-10-11-19-14/h1-3,6,9H,4-5,7-8,10-11H2. The number of anilines is 1. The highest BCUT2D eigenvalue weighted by Gasteiger charge is 2.40. The molecule has 2 aromatic heterocycles. The zero-order valence-corrected chi connectivity index (χ0v) is 10.8. The van der Waals surface area contributed by atoms with Crippen LogP contribution in [0.5, 0.6) is 0 Å². The third-order valence-electron chi connectivity index (χ3n) is 4.07. The first-order chi connectivity index (χ1) is 9.36. The summed E-state index contributed by atoms with van der Waals surface area (Å²) in [5.41, 5.74) is 0.992. The highest BCUT2D eigenvalue weighted by Crippen LogP contribution is 2.33. The molecule has 0 aliphatic carbocycles. The van der Waals surface area contributed by atoms with Gasteiger partial charge in [-0.05, 0) is 12.1 Å². The molecule has 19 heavy (non-hydrogen) atoms. The minimum atomic E-state index is -0.306. The molecule has 4 rings (SSSR count). The lowest BCUT2D eigenvalue weighted by Gasteiger charge is -2.38. The van der Waals surface area contributed by atoms with Crippen molar-refractivity contribution in [1.29, 1.82) is 0 Å². The fourth-order valence-corrected chi connectivity index (χ4v) is 3.05. The summed E-state index contributed by atoms with van der Waals surface area (Å²) in [6.07, 6.45) is 5.71. The number of rotatable bonds is 1. The maximum atomic E-state index is 5.77. The van der Waals surface area contributed by atoms with E-state index in [9.17, 15) is 0 Å². The van der Waals surface area contributed by atoms with Gasteiger partial charge in [0.15, 0.2) is 5.79 Å². The maximum absolute atomic E-state index is 5.77. The van der Waals surface area contributed by atoms with Gasteiger partial charge in [0.05, 0.1) is 13.2 Å². The number of hydrogen-bond donors (Lipinski definition) is 0. The van der Waals surface area contributed by atoms with Crippen LogP contribution >= 0.6 is 0 Å². The minimum absolute atomic E-state index is 0.306. The van der Waals surface area contributed by atoms with Crippen LogP contribution in [-0.4, -0.2) is 41.5 Å². The Bertz CT molecular complexity index is 579. The van der Waals surface area contributed by atoms with E-state index in [1.165, 1.54) is 5.82 Å². The van der Waals surface area contributed by atoms with Crippen molar-refractivity contribution >= 4 is 11.5 Å². The summed E-state index contributed by atoms with van der Waals surface area (Å²) in [6.45, 7) is 3.38. The number of fused-ring (bicyclic) bond motifs is 1. The van der Waals surface area contributed by atoms with E-state index in [1.54, 1.807) is 0 Å². The summed E-state index contributed by atoms with van der Waals surface area (Å²) in [5.74, 6) is 0.891. The Kier molecular flexibility index (Phi) is 2.50. The predicted octanol–water partition coefficient (Wildman–Crippen LogP) is 1.68. The molecule has 5 nitrogen and oxygen atoms in total. The average molecular weight is 259 g/mol. The van der Waals surface area contributed by atoms with Gasteiger partial charge in [-0.1, -0.05) is 6.07 Å². The molecule has 5 heteroatoms. The first-order valence-electron chi connectivity index (χ1n) is 6.81. The summed E-state index contributed by atoms with van der Waals surface area (Å²) in [5, 5.41) is 0. The lowest BCUT2D eigenvalue weighted by Crippen LogP contribution is -2.45. The monoisotopic (exact) mass is 259 g/mol. The van der Waals surface area contributed by atoms with Crippen molar-refractivity contribution in [3.05, 3.63) is 30.6 Å². The molecule has 0 aromatic carbocycles. The fraction of sp³-hybridized carbons (Fsp3) is 0.500. The number of piperidine rings is 1.